The lowest BCUT2D eigenvalue weighted by atomic mass is 12.0. The molecule has 0 spiro atoms. The molecule has 0 saturated heterocycles. The summed E-state index contributed by atoms with van der Waals surface area (Å²) in [5.74, 6) is 0. The van der Waals surface area contributed by atoms with Crippen LogP contribution < -0.4 is 0 Å². The molecule has 0 aliphatic carbocycles. The van der Waals surface area contributed by atoms with Gasteiger partial charge >= 0.3 is 0 Å². The lowest BCUT2D eigenvalue weighted by molar-refractivity contribution is 1.11. The molecular formula is C2H22F6S4. The maximum Gasteiger partial charge on any atom is -0.0776 e. The van der Waals surface area contributed by atoms with Crippen LogP contribution in [0.1, 0.15) is 14.9 Å². The first-order chi connectivity index (χ1) is 0. The van der Waals surface area contributed by atoms with Gasteiger partial charge in [0.1, 0.15) is 0 Å². The van der Waals surface area contributed by atoms with E-state index < -0.39 is 0 Å². The first-order valence-electron chi connectivity index (χ1n) is 0. The monoisotopic (exact) mass is 288 g/mol. The normalized spacial score (nSPS) is 0. The molecule has 0 atom stereocenters. The second-order valence-corrected chi connectivity index (χ2v) is 0. The molecule has 0 aromatic carbocycles. The Balaban J connectivity index is 0. The Bertz CT molecular complexity index is 17.5. The fourth-order valence-electron chi connectivity index (χ4n) is 0. The van der Waals surface area contributed by atoms with Crippen LogP contribution in [0.5, 0.6) is 0 Å². The standard InChI is InChI=1S/2CH4.6FH.4H2S/h2*1H4;6*1H;4*1H2. The van der Waals surface area contributed by atoms with Crippen molar-refractivity contribution in [3.05, 3.63) is 0 Å². The highest BCUT2D eigenvalue weighted by Gasteiger charge is -0.0764. The van der Waals surface area contributed by atoms with E-state index in [1.54, 1.807) is 0 Å². The van der Waals surface area contributed by atoms with E-state index in [9.17, 15) is 0 Å². The molecule has 12 heavy (non-hydrogen) atoms. The predicted molar refractivity (Wildman–Crippen MR) is 70.0 cm³/mol. The van der Waals surface area contributed by atoms with Gasteiger partial charge in [-0.05, 0) is 0 Å². The van der Waals surface area contributed by atoms with Crippen molar-refractivity contribution in [2.45, 2.75) is 14.9 Å². The molecule has 0 heterocycles. The van der Waals surface area contributed by atoms with Crippen molar-refractivity contribution in [3.8, 4) is 0 Å². The van der Waals surface area contributed by atoms with Gasteiger partial charge in [0.25, 0.3) is 0 Å². The van der Waals surface area contributed by atoms with Crippen molar-refractivity contribution in [2.24, 2.45) is 0 Å². The van der Waals surface area contributed by atoms with Crippen LogP contribution in [0, 0.1) is 0 Å². The molecule has 0 amide bonds. The van der Waals surface area contributed by atoms with Gasteiger partial charge in [-0.15, -0.1) is 0 Å². The molecule has 0 bridgehead atoms. The predicted octanol–water partition coefficient (Wildman–Crippen LogP) is 2.64. The van der Waals surface area contributed by atoms with Crippen molar-refractivity contribution >= 4 is 54.0 Å². The summed E-state index contributed by atoms with van der Waals surface area (Å²) in [4.78, 5) is 0. The lowest BCUT2D eigenvalue weighted by Crippen LogP contribution is 0.143. The molecule has 10 heteroatoms. The quantitative estimate of drug-likeness (QED) is 0.601. The molecule has 0 saturated carbocycles. The Morgan fingerprint density at radius 3 is 0.250 bits per heavy atom. The molecule has 0 radical (unpaired) electrons. The summed E-state index contributed by atoms with van der Waals surface area (Å²) in [6.07, 6.45) is 0. The molecule has 0 rings (SSSR count). The summed E-state index contributed by atoms with van der Waals surface area (Å²) in [6, 6.07) is 0. The fraction of sp³-hybridized carbons (Fsp3) is 1.00. The van der Waals surface area contributed by atoms with Gasteiger partial charge in [0.15, 0.2) is 0 Å². The van der Waals surface area contributed by atoms with Crippen molar-refractivity contribution in [3.63, 3.8) is 0 Å². The van der Waals surface area contributed by atoms with Crippen LogP contribution in [0.25, 0.3) is 0 Å². The minimum Gasteiger partial charge on any atom is -0.269 e. The van der Waals surface area contributed by atoms with Crippen LogP contribution >= 0.6 is 54.0 Å². The van der Waals surface area contributed by atoms with E-state index in [4.69, 9.17) is 0 Å². The summed E-state index contributed by atoms with van der Waals surface area (Å²) < 4.78 is 0. The molecule has 0 nitrogen and oxygen atoms in total. The van der Waals surface area contributed by atoms with Gasteiger partial charge in [-0.2, -0.15) is 54.0 Å². The summed E-state index contributed by atoms with van der Waals surface area (Å²) in [5.41, 5.74) is 0. The molecule has 96 valence electrons. The second-order valence-electron chi connectivity index (χ2n) is 0. The molecule has 0 fully saturated rings. The van der Waals surface area contributed by atoms with Crippen LogP contribution in [-0.4, -0.2) is 0 Å². The summed E-state index contributed by atoms with van der Waals surface area (Å²) in [7, 11) is 0. The van der Waals surface area contributed by atoms with E-state index in [1.807, 2.05) is 0 Å². The van der Waals surface area contributed by atoms with Crippen LogP contribution in [0.2, 0.25) is 0 Å². The maximum absolute atomic E-state index is 0. The van der Waals surface area contributed by atoms with Crippen molar-refractivity contribution in [2.75, 3.05) is 0 Å². The largest absolute Gasteiger partial charge is 0.269 e. The van der Waals surface area contributed by atoms with Crippen LogP contribution in [0.3, 0.4) is 0 Å². The first kappa shape index (κ1) is 1940. The van der Waals surface area contributed by atoms with Gasteiger partial charge in [-0.25, -0.2) is 0 Å². The molecule has 0 N–H and O–H groups in total. The van der Waals surface area contributed by atoms with Crippen molar-refractivity contribution in [1.82, 2.24) is 0 Å². The topological polar surface area (TPSA) is 0 Å². The molecule has 0 aliphatic rings. The van der Waals surface area contributed by atoms with E-state index >= 15 is 0 Å². The smallest absolute Gasteiger partial charge is 0.0776 e. The third-order valence-corrected chi connectivity index (χ3v) is 0. The Morgan fingerprint density at radius 1 is 0.250 bits per heavy atom. The highest BCUT2D eigenvalue weighted by atomic mass is 32.1. The average Bonchev–Trinajstić information content (AvgIpc) is 0. The molecule has 0 aromatic rings. The molecular weight excluding hydrogens is 266 g/mol. The number of halogens is 6. The number of hydrogen-bond acceptors (Lipinski definition) is 0. The van der Waals surface area contributed by atoms with E-state index in [2.05, 4.69) is 0 Å². The maximum atomic E-state index is 0. The van der Waals surface area contributed by atoms with E-state index in [1.165, 1.54) is 0 Å². The fourth-order valence-corrected chi connectivity index (χ4v) is 0. The average molecular weight is 288 g/mol. The zero-order valence-electron chi connectivity index (χ0n) is 4.45. The zero-order valence-corrected chi connectivity index (χ0v) is 8.45. The molecule has 0 aliphatic heterocycles. The summed E-state index contributed by atoms with van der Waals surface area (Å²) in [6.45, 7) is 0. The Labute approximate surface area is 97.3 Å². The van der Waals surface area contributed by atoms with Gasteiger partial charge in [-0.3, -0.25) is 28.2 Å². The van der Waals surface area contributed by atoms with Crippen LogP contribution in [0.4, 0.5) is 28.2 Å². The van der Waals surface area contributed by atoms with E-state index in [0.29, 0.717) is 0 Å². The third kappa shape index (κ3) is 1140. The second kappa shape index (κ2) is 1500. The molecule has 0 aromatic heterocycles. The van der Waals surface area contributed by atoms with E-state index in [-0.39, 0.29) is 97.1 Å². The Morgan fingerprint density at radius 2 is 0.250 bits per heavy atom. The van der Waals surface area contributed by atoms with Crippen LogP contribution in [0.15, 0.2) is 0 Å². The summed E-state index contributed by atoms with van der Waals surface area (Å²) in [5, 5.41) is 0. The minimum absolute atomic E-state index is 0. The SMILES string of the molecule is C.C.F.F.F.F.F.F.S.S.S.S. The minimum atomic E-state index is 0. The van der Waals surface area contributed by atoms with Gasteiger partial charge in [0.05, 0.1) is 0 Å². The summed E-state index contributed by atoms with van der Waals surface area (Å²) >= 11 is 0. The van der Waals surface area contributed by atoms with Gasteiger partial charge < -0.3 is 0 Å². The van der Waals surface area contributed by atoms with Crippen molar-refractivity contribution in [1.29, 1.82) is 0 Å². The third-order valence-electron chi connectivity index (χ3n) is 0. The highest BCUT2D eigenvalue weighted by molar-refractivity contribution is 7.59. The zero-order chi connectivity index (χ0) is 0. The number of rotatable bonds is 0. The molecule has 0 unspecified atom stereocenters. The Kier molecular flexibility index (Phi) is 243000. The van der Waals surface area contributed by atoms with Gasteiger partial charge in [0.2, 0.25) is 0 Å². The Hall–Kier alpha value is 0.980. The van der Waals surface area contributed by atoms with Crippen molar-refractivity contribution < 1.29 is 28.2 Å². The number of hydrogen-bond donors (Lipinski definition) is 0. The van der Waals surface area contributed by atoms with Crippen LogP contribution in [-0.2, 0) is 0 Å². The first-order valence-corrected chi connectivity index (χ1v) is 0. The van der Waals surface area contributed by atoms with E-state index in [0.717, 1.165) is 0 Å². The van der Waals surface area contributed by atoms with Gasteiger partial charge in [-0.1, -0.05) is 14.9 Å². The lowest BCUT2D eigenvalue weighted by Gasteiger charge is -0.270. The van der Waals surface area contributed by atoms with Gasteiger partial charge in [0, 0.05) is 0 Å². The highest BCUT2D eigenvalue weighted by Crippen LogP contribution is 0.651.